The number of nitrogens with zero attached hydrogens (tertiary/aromatic N) is 2. The van der Waals surface area contributed by atoms with Gasteiger partial charge in [0.1, 0.15) is 5.82 Å². The fourth-order valence-corrected chi connectivity index (χ4v) is 3.21. The number of aromatic nitrogens is 3. The van der Waals surface area contributed by atoms with Gasteiger partial charge in [-0.3, -0.25) is 9.89 Å². The Hall–Kier alpha value is -2.17. The molecule has 21 heavy (non-hydrogen) atoms. The van der Waals surface area contributed by atoms with E-state index in [-0.39, 0.29) is 11.8 Å². The number of carbonyl (C=O) groups excluding carboxylic acids is 1. The zero-order valence-electron chi connectivity index (χ0n) is 12.2. The van der Waals surface area contributed by atoms with Crippen LogP contribution in [0.4, 0.5) is 5.69 Å². The maximum Gasteiger partial charge on any atom is 0.232 e. The second-order valence-electron chi connectivity index (χ2n) is 6.20. The SMILES string of the molecule is Cc1cc(C)c2c(c1)NC(=O)[C@@H]2Cc1nc(C2CC2)n[nH]1. The van der Waals surface area contributed by atoms with Crippen LogP contribution in [0.15, 0.2) is 12.1 Å². The molecule has 1 aliphatic heterocycles. The molecule has 0 bridgehead atoms. The topological polar surface area (TPSA) is 70.7 Å². The standard InChI is InChI=1S/C16H18N4O/c1-8-5-9(2)14-11(16(21)17-12(14)6-8)7-13-18-15(20-19-13)10-3-4-10/h5-6,10-11H,3-4,7H2,1-2H3,(H,17,21)(H,18,19,20)/t11-/m1/s1. The zero-order valence-corrected chi connectivity index (χ0v) is 12.2. The lowest BCUT2D eigenvalue weighted by Crippen LogP contribution is -2.15. The molecule has 2 N–H and O–H groups in total. The van der Waals surface area contributed by atoms with Gasteiger partial charge in [0.15, 0.2) is 5.82 Å². The van der Waals surface area contributed by atoms with Gasteiger partial charge in [-0.1, -0.05) is 6.07 Å². The van der Waals surface area contributed by atoms with Crippen LogP contribution in [0.3, 0.4) is 0 Å². The van der Waals surface area contributed by atoms with Crippen molar-refractivity contribution in [2.24, 2.45) is 0 Å². The summed E-state index contributed by atoms with van der Waals surface area (Å²) in [6.07, 6.45) is 2.95. The van der Waals surface area contributed by atoms with Gasteiger partial charge in [0.05, 0.1) is 5.92 Å². The van der Waals surface area contributed by atoms with Crippen LogP contribution in [-0.4, -0.2) is 21.1 Å². The molecule has 2 heterocycles. The van der Waals surface area contributed by atoms with Gasteiger partial charge < -0.3 is 5.32 Å². The van der Waals surface area contributed by atoms with Crippen molar-refractivity contribution in [3.8, 4) is 0 Å². The Bertz CT molecular complexity index is 730. The molecule has 0 unspecified atom stereocenters. The highest BCUT2D eigenvalue weighted by Gasteiger charge is 2.34. The Morgan fingerprint density at radius 1 is 1.29 bits per heavy atom. The lowest BCUT2D eigenvalue weighted by atomic mass is 9.92. The van der Waals surface area contributed by atoms with Crippen molar-refractivity contribution in [3.63, 3.8) is 0 Å². The van der Waals surface area contributed by atoms with Crippen molar-refractivity contribution in [2.75, 3.05) is 5.32 Å². The highest BCUT2D eigenvalue weighted by molar-refractivity contribution is 6.03. The summed E-state index contributed by atoms with van der Waals surface area (Å²) in [7, 11) is 0. The van der Waals surface area contributed by atoms with E-state index in [1.807, 2.05) is 13.0 Å². The molecule has 5 heteroatoms. The first-order valence-corrected chi connectivity index (χ1v) is 7.45. The third-order valence-electron chi connectivity index (χ3n) is 4.34. The summed E-state index contributed by atoms with van der Waals surface area (Å²) in [4.78, 5) is 16.8. The summed E-state index contributed by atoms with van der Waals surface area (Å²) in [5.41, 5.74) is 4.39. The number of anilines is 1. The number of hydrogen-bond acceptors (Lipinski definition) is 3. The van der Waals surface area contributed by atoms with Gasteiger partial charge in [-0.05, 0) is 49.4 Å². The Morgan fingerprint density at radius 2 is 2.10 bits per heavy atom. The predicted molar refractivity (Wildman–Crippen MR) is 79.3 cm³/mol. The number of H-pyrrole nitrogens is 1. The van der Waals surface area contributed by atoms with Crippen LogP contribution in [0.1, 0.15) is 53.0 Å². The summed E-state index contributed by atoms with van der Waals surface area (Å²) in [5, 5.41) is 10.3. The molecule has 2 aromatic rings. The highest BCUT2D eigenvalue weighted by Crippen LogP contribution is 2.39. The van der Waals surface area contributed by atoms with Crippen LogP contribution in [0.2, 0.25) is 0 Å². The predicted octanol–water partition coefficient (Wildman–Crippen LogP) is 2.58. The molecule has 0 saturated heterocycles. The Labute approximate surface area is 123 Å². The highest BCUT2D eigenvalue weighted by atomic mass is 16.2. The number of hydrogen-bond donors (Lipinski definition) is 2. The Morgan fingerprint density at radius 3 is 2.86 bits per heavy atom. The van der Waals surface area contributed by atoms with E-state index in [0.29, 0.717) is 12.3 Å². The first-order chi connectivity index (χ1) is 10.1. The third kappa shape index (κ3) is 2.13. The van der Waals surface area contributed by atoms with E-state index in [1.54, 1.807) is 0 Å². The quantitative estimate of drug-likeness (QED) is 0.909. The van der Waals surface area contributed by atoms with E-state index < -0.39 is 0 Å². The molecule has 108 valence electrons. The van der Waals surface area contributed by atoms with E-state index in [9.17, 15) is 4.79 Å². The van der Waals surface area contributed by atoms with Crippen molar-refractivity contribution in [1.82, 2.24) is 15.2 Å². The fourth-order valence-electron chi connectivity index (χ4n) is 3.21. The van der Waals surface area contributed by atoms with Crippen molar-refractivity contribution >= 4 is 11.6 Å². The van der Waals surface area contributed by atoms with E-state index in [4.69, 9.17) is 0 Å². The largest absolute Gasteiger partial charge is 0.325 e. The third-order valence-corrected chi connectivity index (χ3v) is 4.34. The molecule has 1 aliphatic carbocycles. The van der Waals surface area contributed by atoms with Crippen molar-refractivity contribution < 1.29 is 4.79 Å². The molecule has 1 amide bonds. The molecule has 2 aliphatic rings. The molecule has 4 rings (SSSR count). The molecule has 1 aromatic heterocycles. The summed E-state index contributed by atoms with van der Waals surface area (Å²) in [5.74, 6) is 2.14. The average Bonchev–Trinajstić information content (AvgIpc) is 3.09. The number of aryl methyl sites for hydroxylation is 2. The monoisotopic (exact) mass is 282 g/mol. The number of fused-ring (bicyclic) bond motifs is 1. The number of rotatable bonds is 3. The van der Waals surface area contributed by atoms with Gasteiger partial charge in [0, 0.05) is 18.0 Å². The van der Waals surface area contributed by atoms with Crippen molar-refractivity contribution in [2.45, 2.75) is 44.9 Å². The maximum absolute atomic E-state index is 12.3. The lowest BCUT2D eigenvalue weighted by molar-refractivity contribution is -0.117. The van der Waals surface area contributed by atoms with Crippen LogP contribution in [0, 0.1) is 13.8 Å². The average molecular weight is 282 g/mol. The molecular weight excluding hydrogens is 264 g/mol. The molecule has 0 spiro atoms. The minimum absolute atomic E-state index is 0.0584. The van der Waals surface area contributed by atoms with Gasteiger partial charge in [-0.2, -0.15) is 5.10 Å². The van der Waals surface area contributed by atoms with Gasteiger partial charge in [0.2, 0.25) is 5.91 Å². The molecule has 5 nitrogen and oxygen atoms in total. The minimum Gasteiger partial charge on any atom is -0.325 e. The Balaban J connectivity index is 1.64. The lowest BCUT2D eigenvalue weighted by Gasteiger charge is -2.10. The van der Waals surface area contributed by atoms with Crippen LogP contribution in [0.5, 0.6) is 0 Å². The van der Waals surface area contributed by atoms with E-state index in [2.05, 4.69) is 33.5 Å². The van der Waals surface area contributed by atoms with Gasteiger partial charge >= 0.3 is 0 Å². The number of nitrogens with one attached hydrogen (secondary N) is 2. The molecule has 1 aromatic carbocycles. The first-order valence-electron chi connectivity index (χ1n) is 7.45. The number of benzene rings is 1. The summed E-state index contributed by atoms with van der Waals surface area (Å²) in [6, 6.07) is 4.17. The molecular formula is C16H18N4O. The summed E-state index contributed by atoms with van der Waals surface area (Å²) in [6.45, 7) is 4.11. The molecule has 1 atom stereocenters. The molecule has 1 fully saturated rings. The van der Waals surface area contributed by atoms with Crippen LogP contribution in [-0.2, 0) is 11.2 Å². The van der Waals surface area contributed by atoms with Gasteiger partial charge in [-0.15, -0.1) is 0 Å². The smallest absolute Gasteiger partial charge is 0.232 e. The van der Waals surface area contributed by atoms with E-state index in [0.717, 1.165) is 28.5 Å². The zero-order chi connectivity index (χ0) is 14.6. The van der Waals surface area contributed by atoms with Crippen LogP contribution < -0.4 is 5.32 Å². The second-order valence-corrected chi connectivity index (χ2v) is 6.20. The van der Waals surface area contributed by atoms with Crippen LogP contribution >= 0.6 is 0 Å². The van der Waals surface area contributed by atoms with Gasteiger partial charge in [-0.25, -0.2) is 4.98 Å². The number of amides is 1. The molecule has 1 saturated carbocycles. The second kappa shape index (κ2) is 4.41. The Kier molecular flexibility index (Phi) is 2.64. The van der Waals surface area contributed by atoms with Crippen molar-refractivity contribution in [3.05, 3.63) is 40.5 Å². The van der Waals surface area contributed by atoms with E-state index in [1.165, 1.54) is 18.4 Å². The fraction of sp³-hybridized carbons (Fsp3) is 0.438. The van der Waals surface area contributed by atoms with Crippen molar-refractivity contribution in [1.29, 1.82) is 0 Å². The summed E-state index contributed by atoms with van der Waals surface area (Å²) >= 11 is 0. The normalized spacial score (nSPS) is 20.5. The number of aromatic amines is 1. The van der Waals surface area contributed by atoms with Crippen LogP contribution in [0.25, 0.3) is 0 Å². The number of carbonyl (C=O) groups is 1. The van der Waals surface area contributed by atoms with Gasteiger partial charge in [0.25, 0.3) is 0 Å². The summed E-state index contributed by atoms with van der Waals surface area (Å²) < 4.78 is 0. The maximum atomic E-state index is 12.3. The van der Waals surface area contributed by atoms with E-state index >= 15 is 0 Å². The molecule has 0 radical (unpaired) electrons. The first kappa shape index (κ1) is 12.6. The minimum atomic E-state index is -0.166.